The second-order valence-electron chi connectivity index (χ2n) is 6.19. The van der Waals surface area contributed by atoms with E-state index >= 15 is 0 Å². The number of carboxylic acid groups (broad SMARTS) is 1. The van der Waals surface area contributed by atoms with Crippen LogP contribution in [0.4, 0.5) is 13.2 Å². The highest BCUT2D eigenvalue weighted by molar-refractivity contribution is 5.89. The Morgan fingerprint density at radius 2 is 1.78 bits per heavy atom. The molecule has 1 atom stereocenters. The first kappa shape index (κ1) is 17.6. The highest BCUT2D eigenvalue weighted by atomic mass is 19.4. The molecule has 1 saturated carbocycles. The van der Waals surface area contributed by atoms with Gasteiger partial charge >= 0.3 is 12.1 Å². The molecule has 0 bridgehead atoms. The molecule has 2 fully saturated rings. The van der Waals surface area contributed by atoms with Gasteiger partial charge in [-0.3, -0.25) is 14.4 Å². The Labute approximate surface area is 131 Å². The van der Waals surface area contributed by atoms with Gasteiger partial charge in [0.25, 0.3) is 0 Å². The zero-order chi connectivity index (χ0) is 17.2. The number of aliphatic carboxylic acids is 1. The van der Waals surface area contributed by atoms with Crippen molar-refractivity contribution in [3.05, 3.63) is 0 Å². The van der Waals surface area contributed by atoms with Crippen molar-refractivity contribution < 1.29 is 32.7 Å². The highest BCUT2D eigenvalue weighted by Gasteiger charge is 2.41. The maximum absolute atomic E-state index is 12.3. The summed E-state index contributed by atoms with van der Waals surface area (Å²) in [6.45, 7) is -1.56. The summed E-state index contributed by atoms with van der Waals surface area (Å²) in [4.78, 5) is 35.2. The third-order valence-electron chi connectivity index (χ3n) is 4.38. The molecule has 1 saturated heterocycles. The van der Waals surface area contributed by atoms with Gasteiger partial charge < -0.3 is 15.3 Å². The molecule has 0 radical (unpaired) electrons. The molecule has 1 heterocycles. The molecule has 0 aromatic rings. The summed E-state index contributed by atoms with van der Waals surface area (Å²) < 4.78 is 37.0. The van der Waals surface area contributed by atoms with E-state index in [2.05, 4.69) is 5.32 Å². The van der Waals surface area contributed by atoms with Gasteiger partial charge in [0.2, 0.25) is 11.8 Å². The number of amides is 2. The van der Waals surface area contributed by atoms with Gasteiger partial charge in [-0.1, -0.05) is 0 Å². The first-order valence-electron chi connectivity index (χ1n) is 7.53. The lowest BCUT2D eigenvalue weighted by atomic mass is 9.86. The van der Waals surface area contributed by atoms with Crippen LogP contribution in [0.5, 0.6) is 0 Å². The van der Waals surface area contributed by atoms with Crippen molar-refractivity contribution in [2.24, 2.45) is 11.8 Å². The van der Waals surface area contributed by atoms with Crippen LogP contribution in [0, 0.1) is 11.8 Å². The van der Waals surface area contributed by atoms with Gasteiger partial charge in [-0.25, -0.2) is 0 Å². The minimum absolute atomic E-state index is 0.176. The molecule has 6 nitrogen and oxygen atoms in total. The Hall–Kier alpha value is -1.80. The maximum Gasteiger partial charge on any atom is 0.406 e. The van der Waals surface area contributed by atoms with Gasteiger partial charge in [0.05, 0.1) is 11.8 Å². The van der Waals surface area contributed by atoms with E-state index in [4.69, 9.17) is 5.11 Å². The molecular formula is C14H19F3N2O4. The lowest BCUT2D eigenvalue weighted by Gasteiger charge is -2.27. The summed E-state index contributed by atoms with van der Waals surface area (Å²) in [5.74, 6) is -3.13. The van der Waals surface area contributed by atoms with Crippen molar-refractivity contribution in [3.8, 4) is 0 Å². The van der Waals surface area contributed by atoms with Crippen LogP contribution in [0.25, 0.3) is 0 Å². The van der Waals surface area contributed by atoms with Crippen molar-refractivity contribution in [1.29, 1.82) is 0 Å². The number of likely N-dealkylation sites (tertiary alicyclic amines) is 1. The van der Waals surface area contributed by atoms with Crippen LogP contribution < -0.4 is 5.32 Å². The molecule has 130 valence electrons. The number of nitrogens with zero attached hydrogens (tertiary/aromatic N) is 1. The van der Waals surface area contributed by atoms with Gasteiger partial charge in [0.15, 0.2) is 0 Å². The Balaban J connectivity index is 1.81. The summed E-state index contributed by atoms with van der Waals surface area (Å²) in [6, 6.07) is -0.176. The van der Waals surface area contributed by atoms with Gasteiger partial charge in [-0.05, 0) is 25.7 Å². The van der Waals surface area contributed by atoms with E-state index in [0.717, 1.165) is 0 Å². The SMILES string of the molecule is O=C(O)C1CCC(NC(=O)C2CC(=O)N(CC(F)(F)F)C2)CC1. The molecule has 0 spiro atoms. The van der Waals surface area contributed by atoms with E-state index in [1.54, 1.807) is 0 Å². The van der Waals surface area contributed by atoms with Crippen LogP contribution in [0.1, 0.15) is 32.1 Å². The second kappa shape index (κ2) is 6.76. The summed E-state index contributed by atoms with van der Waals surface area (Å²) >= 11 is 0. The van der Waals surface area contributed by atoms with Crippen molar-refractivity contribution in [2.45, 2.75) is 44.3 Å². The summed E-state index contributed by atoms with van der Waals surface area (Å²) in [5.41, 5.74) is 0. The molecule has 1 aliphatic carbocycles. The fourth-order valence-corrected chi connectivity index (χ4v) is 3.12. The Bertz CT molecular complexity index is 487. The zero-order valence-electron chi connectivity index (χ0n) is 12.4. The summed E-state index contributed by atoms with van der Waals surface area (Å²) in [5, 5.41) is 11.6. The number of hydrogen-bond acceptors (Lipinski definition) is 3. The number of carbonyl (C=O) groups is 3. The molecule has 1 aliphatic heterocycles. The molecule has 23 heavy (non-hydrogen) atoms. The second-order valence-corrected chi connectivity index (χ2v) is 6.19. The molecule has 2 aliphatic rings. The van der Waals surface area contributed by atoms with E-state index in [9.17, 15) is 27.6 Å². The topological polar surface area (TPSA) is 86.7 Å². The van der Waals surface area contributed by atoms with Crippen LogP contribution in [0.3, 0.4) is 0 Å². The minimum Gasteiger partial charge on any atom is -0.481 e. The molecule has 1 unspecified atom stereocenters. The molecule has 2 rings (SSSR count). The quantitative estimate of drug-likeness (QED) is 0.806. The molecule has 0 aromatic heterocycles. The molecule has 0 aromatic carbocycles. The van der Waals surface area contributed by atoms with Crippen LogP contribution in [0.2, 0.25) is 0 Å². The summed E-state index contributed by atoms with van der Waals surface area (Å²) in [6.07, 6.45) is -2.72. The van der Waals surface area contributed by atoms with Crippen molar-refractivity contribution >= 4 is 17.8 Å². The summed E-state index contributed by atoms with van der Waals surface area (Å²) in [7, 11) is 0. The van der Waals surface area contributed by atoms with E-state index in [0.29, 0.717) is 30.6 Å². The zero-order valence-corrected chi connectivity index (χ0v) is 12.4. The standard InChI is InChI=1S/C14H19F3N2O4/c15-14(16,17)7-19-6-9(5-11(19)20)12(21)18-10-3-1-8(2-4-10)13(22)23/h8-10H,1-7H2,(H,18,21)(H,22,23). The third-order valence-corrected chi connectivity index (χ3v) is 4.38. The average Bonchev–Trinajstić information content (AvgIpc) is 2.79. The molecule has 2 amide bonds. The first-order chi connectivity index (χ1) is 10.7. The largest absolute Gasteiger partial charge is 0.481 e. The lowest BCUT2D eigenvalue weighted by molar-refractivity contribution is -0.157. The Kier molecular flexibility index (Phi) is 5.16. The lowest BCUT2D eigenvalue weighted by Crippen LogP contribution is -2.42. The van der Waals surface area contributed by atoms with Crippen LogP contribution in [0.15, 0.2) is 0 Å². The van der Waals surface area contributed by atoms with Crippen molar-refractivity contribution in [2.75, 3.05) is 13.1 Å². The Morgan fingerprint density at radius 1 is 1.17 bits per heavy atom. The van der Waals surface area contributed by atoms with E-state index in [1.165, 1.54) is 0 Å². The first-order valence-corrected chi connectivity index (χ1v) is 7.53. The number of nitrogens with one attached hydrogen (secondary N) is 1. The number of halogens is 3. The van der Waals surface area contributed by atoms with E-state index in [1.807, 2.05) is 0 Å². The highest BCUT2D eigenvalue weighted by Crippen LogP contribution is 2.27. The normalized spacial score (nSPS) is 28.7. The predicted octanol–water partition coefficient (Wildman–Crippen LogP) is 1.16. The predicted molar refractivity (Wildman–Crippen MR) is 72.3 cm³/mol. The monoisotopic (exact) mass is 336 g/mol. The van der Waals surface area contributed by atoms with E-state index < -0.39 is 42.3 Å². The minimum atomic E-state index is -4.48. The van der Waals surface area contributed by atoms with Crippen molar-refractivity contribution in [1.82, 2.24) is 10.2 Å². The number of hydrogen-bond donors (Lipinski definition) is 2. The molecule has 2 N–H and O–H groups in total. The Morgan fingerprint density at radius 3 is 2.30 bits per heavy atom. The fourth-order valence-electron chi connectivity index (χ4n) is 3.12. The molecule has 9 heteroatoms. The van der Waals surface area contributed by atoms with Crippen LogP contribution in [-0.4, -0.2) is 53.1 Å². The van der Waals surface area contributed by atoms with Crippen molar-refractivity contribution in [3.63, 3.8) is 0 Å². The number of carboxylic acids is 1. The average molecular weight is 336 g/mol. The van der Waals surface area contributed by atoms with Crippen LogP contribution >= 0.6 is 0 Å². The van der Waals surface area contributed by atoms with Gasteiger partial charge in [-0.15, -0.1) is 0 Å². The number of alkyl halides is 3. The third kappa shape index (κ3) is 4.84. The smallest absolute Gasteiger partial charge is 0.406 e. The fraction of sp³-hybridized carbons (Fsp3) is 0.786. The number of rotatable bonds is 4. The number of carbonyl (C=O) groups excluding carboxylic acids is 2. The van der Waals surface area contributed by atoms with Gasteiger partial charge in [-0.2, -0.15) is 13.2 Å². The molecular weight excluding hydrogens is 317 g/mol. The van der Waals surface area contributed by atoms with Gasteiger partial charge in [0.1, 0.15) is 6.54 Å². The van der Waals surface area contributed by atoms with E-state index in [-0.39, 0.29) is 19.0 Å². The van der Waals surface area contributed by atoms with Gasteiger partial charge in [0, 0.05) is 19.0 Å². The van der Waals surface area contributed by atoms with Crippen LogP contribution in [-0.2, 0) is 14.4 Å². The maximum atomic E-state index is 12.3.